The van der Waals surface area contributed by atoms with Crippen LogP contribution >= 0.6 is 11.6 Å². The molecule has 7 heteroatoms. The maximum atomic E-state index is 13.0. The molecule has 1 amide bonds. The number of H-pyrrole nitrogens is 1. The highest BCUT2D eigenvalue weighted by Gasteiger charge is 2.27. The zero-order chi connectivity index (χ0) is 21.1. The Morgan fingerprint density at radius 2 is 1.77 bits per heavy atom. The molecule has 0 spiro atoms. The molecule has 0 bridgehead atoms. The highest BCUT2D eigenvalue weighted by atomic mass is 35.5. The number of aromatic nitrogens is 2. The fourth-order valence-electron chi connectivity index (χ4n) is 3.06. The summed E-state index contributed by atoms with van der Waals surface area (Å²) in [7, 11) is 0. The number of nitrogens with zero attached hydrogens (tertiary/aromatic N) is 1. The number of carbonyl (C=O) groups is 2. The first-order valence-corrected chi connectivity index (χ1v) is 9.67. The number of halogens is 1. The summed E-state index contributed by atoms with van der Waals surface area (Å²) < 4.78 is 5.61. The molecule has 1 atom stereocenters. The summed E-state index contributed by atoms with van der Waals surface area (Å²) in [6.07, 6.45) is -1.16. The van der Waals surface area contributed by atoms with Gasteiger partial charge in [-0.25, -0.2) is 4.79 Å². The summed E-state index contributed by atoms with van der Waals surface area (Å²) in [5, 5.41) is 10.8. The minimum absolute atomic E-state index is 0.123. The predicted molar refractivity (Wildman–Crippen MR) is 116 cm³/mol. The Balaban J connectivity index is 1.62. The van der Waals surface area contributed by atoms with E-state index in [1.54, 1.807) is 54.6 Å². The lowest BCUT2D eigenvalue weighted by molar-refractivity contribution is -0.125. The van der Waals surface area contributed by atoms with E-state index in [2.05, 4.69) is 15.5 Å². The number of fused-ring (bicyclic) bond motifs is 1. The van der Waals surface area contributed by atoms with Gasteiger partial charge >= 0.3 is 5.97 Å². The molecular weight excluding hydrogens is 402 g/mol. The van der Waals surface area contributed by atoms with Gasteiger partial charge in [0, 0.05) is 21.7 Å². The number of amides is 1. The highest BCUT2D eigenvalue weighted by Crippen LogP contribution is 2.25. The first kappa shape index (κ1) is 19.7. The Morgan fingerprint density at radius 1 is 1.03 bits per heavy atom. The third kappa shape index (κ3) is 4.04. The molecule has 0 saturated heterocycles. The van der Waals surface area contributed by atoms with Crippen molar-refractivity contribution in [2.75, 3.05) is 5.32 Å². The number of hydrogen-bond donors (Lipinski definition) is 2. The number of benzene rings is 3. The quantitative estimate of drug-likeness (QED) is 0.443. The Kier molecular flexibility index (Phi) is 5.50. The van der Waals surface area contributed by atoms with Gasteiger partial charge in [0.05, 0.1) is 5.52 Å². The largest absolute Gasteiger partial charge is 0.442 e. The van der Waals surface area contributed by atoms with Gasteiger partial charge in [0.15, 0.2) is 5.69 Å². The van der Waals surface area contributed by atoms with Crippen molar-refractivity contribution in [2.24, 2.45) is 0 Å². The molecule has 30 heavy (non-hydrogen) atoms. The first-order chi connectivity index (χ1) is 14.5. The standard InChI is InChI=1S/C23H18ClN3O3/c1-14-11-12-16(13-18(14)24)25-22(28)21(15-7-3-2-4-8-15)30-23(29)20-17-9-5-6-10-19(17)26-27-20/h2-13,21H,1H3,(H,25,28)(H,26,27). The molecule has 0 aliphatic carbocycles. The van der Waals surface area contributed by atoms with E-state index < -0.39 is 18.0 Å². The SMILES string of the molecule is Cc1ccc(NC(=O)C(OC(=O)c2n[nH]c3ccccc23)c2ccccc2)cc1Cl. The third-order valence-corrected chi connectivity index (χ3v) is 5.08. The lowest BCUT2D eigenvalue weighted by atomic mass is 10.1. The maximum Gasteiger partial charge on any atom is 0.360 e. The van der Waals surface area contributed by atoms with Crippen molar-refractivity contribution >= 4 is 40.1 Å². The van der Waals surface area contributed by atoms with Gasteiger partial charge in [-0.05, 0) is 30.7 Å². The van der Waals surface area contributed by atoms with Crippen LogP contribution in [0.3, 0.4) is 0 Å². The van der Waals surface area contributed by atoms with E-state index in [1.165, 1.54) is 0 Å². The fraction of sp³-hybridized carbons (Fsp3) is 0.0870. The number of anilines is 1. The van der Waals surface area contributed by atoms with E-state index in [9.17, 15) is 9.59 Å². The van der Waals surface area contributed by atoms with Crippen LogP contribution in [0.5, 0.6) is 0 Å². The van der Waals surface area contributed by atoms with Gasteiger partial charge in [0.1, 0.15) is 0 Å². The summed E-state index contributed by atoms with van der Waals surface area (Å²) in [4.78, 5) is 25.9. The molecule has 4 rings (SSSR count). The van der Waals surface area contributed by atoms with Gasteiger partial charge in [-0.1, -0.05) is 66.2 Å². The number of nitrogens with one attached hydrogen (secondary N) is 2. The summed E-state index contributed by atoms with van der Waals surface area (Å²) >= 11 is 6.15. The molecule has 1 unspecified atom stereocenters. The monoisotopic (exact) mass is 419 g/mol. The second kappa shape index (κ2) is 8.39. The number of aromatic amines is 1. The number of rotatable bonds is 5. The van der Waals surface area contributed by atoms with E-state index in [0.717, 1.165) is 5.56 Å². The lowest BCUT2D eigenvalue weighted by Crippen LogP contribution is -2.26. The van der Waals surface area contributed by atoms with Gasteiger partial charge < -0.3 is 10.1 Å². The van der Waals surface area contributed by atoms with Crippen molar-refractivity contribution in [1.82, 2.24) is 10.2 Å². The number of hydrogen-bond acceptors (Lipinski definition) is 4. The number of para-hydroxylation sites is 1. The Bertz CT molecular complexity index is 1220. The molecule has 2 N–H and O–H groups in total. The first-order valence-electron chi connectivity index (χ1n) is 9.29. The van der Waals surface area contributed by atoms with Crippen LogP contribution in [0.15, 0.2) is 72.8 Å². The molecule has 150 valence electrons. The van der Waals surface area contributed by atoms with E-state index in [1.807, 2.05) is 25.1 Å². The van der Waals surface area contributed by atoms with Crippen molar-refractivity contribution in [3.63, 3.8) is 0 Å². The van der Waals surface area contributed by atoms with Crippen LogP contribution in [0.2, 0.25) is 5.02 Å². The summed E-state index contributed by atoms with van der Waals surface area (Å²) in [5.74, 6) is -1.19. The van der Waals surface area contributed by atoms with Crippen LogP contribution in [0.1, 0.15) is 27.7 Å². The molecule has 4 aromatic rings. The van der Waals surface area contributed by atoms with Crippen molar-refractivity contribution in [3.05, 3.63) is 94.6 Å². The second-order valence-corrected chi connectivity index (χ2v) is 7.17. The van der Waals surface area contributed by atoms with Crippen molar-refractivity contribution < 1.29 is 14.3 Å². The van der Waals surface area contributed by atoms with Crippen LogP contribution in [0, 0.1) is 6.92 Å². The minimum Gasteiger partial charge on any atom is -0.442 e. The summed E-state index contributed by atoms with van der Waals surface area (Å²) in [6.45, 7) is 1.87. The van der Waals surface area contributed by atoms with Gasteiger partial charge in [-0.3, -0.25) is 9.89 Å². The number of aryl methyl sites for hydroxylation is 1. The van der Waals surface area contributed by atoms with Crippen LogP contribution < -0.4 is 5.32 Å². The van der Waals surface area contributed by atoms with Gasteiger partial charge in [0.2, 0.25) is 6.10 Å². The molecule has 0 radical (unpaired) electrons. The lowest BCUT2D eigenvalue weighted by Gasteiger charge is -2.18. The molecule has 0 aliphatic rings. The molecule has 1 heterocycles. The Labute approximate surface area is 177 Å². The molecule has 1 aromatic heterocycles. The number of esters is 1. The summed E-state index contributed by atoms with van der Waals surface area (Å²) in [6, 6.07) is 21.2. The average molecular weight is 420 g/mol. The van der Waals surface area contributed by atoms with Crippen LogP contribution in [0.25, 0.3) is 10.9 Å². The molecular formula is C23H18ClN3O3. The van der Waals surface area contributed by atoms with Crippen LogP contribution in [0.4, 0.5) is 5.69 Å². The van der Waals surface area contributed by atoms with Crippen LogP contribution in [-0.4, -0.2) is 22.1 Å². The van der Waals surface area contributed by atoms with Gasteiger partial charge in [-0.2, -0.15) is 5.10 Å². The predicted octanol–water partition coefficient (Wildman–Crippen LogP) is 5.06. The number of carbonyl (C=O) groups excluding carboxylic acids is 2. The molecule has 3 aromatic carbocycles. The average Bonchev–Trinajstić information content (AvgIpc) is 3.19. The van der Waals surface area contributed by atoms with Crippen LogP contribution in [-0.2, 0) is 9.53 Å². The Morgan fingerprint density at radius 3 is 2.53 bits per heavy atom. The Hall–Kier alpha value is -3.64. The zero-order valence-electron chi connectivity index (χ0n) is 16.1. The molecule has 6 nitrogen and oxygen atoms in total. The van der Waals surface area contributed by atoms with Crippen molar-refractivity contribution in [1.29, 1.82) is 0 Å². The molecule has 0 fully saturated rings. The normalized spacial score (nSPS) is 11.8. The van der Waals surface area contributed by atoms with E-state index in [4.69, 9.17) is 16.3 Å². The van der Waals surface area contributed by atoms with Crippen molar-refractivity contribution in [3.8, 4) is 0 Å². The third-order valence-electron chi connectivity index (χ3n) is 4.67. The zero-order valence-corrected chi connectivity index (χ0v) is 16.8. The maximum absolute atomic E-state index is 13.0. The van der Waals surface area contributed by atoms with E-state index >= 15 is 0 Å². The summed E-state index contributed by atoms with van der Waals surface area (Å²) in [5.41, 5.74) is 2.78. The van der Waals surface area contributed by atoms with E-state index in [-0.39, 0.29) is 5.69 Å². The minimum atomic E-state index is -1.16. The molecule has 0 aliphatic heterocycles. The number of ether oxygens (including phenoxy) is 1. The smallest absolute Gasteiger partial charge is 0.360 e. The van der Waals surface area contributed by atoms with Gasteiger partial charge in [-0.15, -0.1) is 0 Å². The second-order valence-electron chi connectivity index (χ2n) is 6.77. The van der Waals surface area contributed by atoms with Crippen molar-refractivity contribution in [2.45, 2.75) is 13.0 Å². The fourth-order valence-corrected chi connectivity index (χ4v) is 3.24. The van der Waals surface area contributed by atoms with E-state index in [0.29, 0.717) is 27.2 Å². The topological polar surface area (TPSA) is 84.1 Å². The van der Waals surface area contributed by atoms with Gasteiger partial charge in [0.25, 0.3) is 5.91 Å². The highest BCUT2D eigenvalue weighted by molar-refractivity contribution is 6.31. The molecule has 0 saturated carbocycles.